The van der Waals surface area contributed by atoms with Crippen LogP contribution in [-0.2, 0) is 28.5 Å². The minimum absolute atomic E-state index is 0.131. The van der Waals surface area contributed by atoms with Gasteiger partial charge in [0.05, 0.1) is 30.5 Å². The largest absolute Gasteiger partial charge is 0.463 e. The van der Waals surface area contributed by atoms with Crippen LogP contribution >= 0.6 is 0 Å². The van der Waals surface area contributed by atoms with E-state index in [-0.39, 0.29) is 47.5 Å². The Morgan fingerprint density at radius 2 is 1.47 bits per heavy atom. The number of carbonyl (C=O) groups excluding carboxylic acids is 1. The molecule has 2 saturated heterocycles. The lowest BCUT2D eigenvalue weighted by Gasteiger charge is -2.63. The van der Waals surface area contributed by atoms with Crippen LogP contribution in [0.4, 0.5) is 0 Å². The summed E-state index contributed by atoms with van der Waals surface area (Å²) in [6.45, 7) is 13.1. The van der Waals surface area contributed by atoms with Crippen LogP contribution in [0.15, 0.2) is 11.6 Å². The molecule has 0 unspecified atom stereocenters. The number of aliphatic hydroxyl groups excluding tert-OH is 8. The van der Waals surface area contributed by atoms with Gasteiger partial charge in [-0.3, -0.25) is 4.79 Å². The highest BCUT2D eigenvalue weighted by Crippen LogP contribution is 2.69. The highest BCUT2D eigenvalue weighted by atomic mass is 16.7. The second-order valence-electron chi connectivity index (χ2n) is 18.7. The number of ether oxygens (including phenoxy) is 5. The van der Waals surface area contributed by atoms with Gasteiger partial charge < -0.3 is 64.5 Å². The summed E-state index contributed by atoms with van der Waals surface area (Å²) in [5.74, 6) is -0.314. The topological polar surface area (TPSA) is 225 Å². The first-order valence-corrected chi connectivity index (χ1v) is 20.6. The summed E-state index contributed by atoms with van der Waals surface area (Å²) in [6.07, 6.45) is -7.94. The molecule has 2 aliphatic heterocycles. The molecular formula is C41H68O14. The zero-order chi connectivity index (χ0) is 40.3. The van der Waals surface area contributed by atoms with Crippen molar-refractivity contribution < 1.29 is 69.3 Å². The number of hydrogen-bond acceptors (Lipinski definition) is 14. The fourth-order valence-electron chi connectivity index (χ4n) is 12.2. The lowest BCUT2D eigenvalue weighted by atomic mass is 9.43. The minimum Gasteiger partial charge on any atom is -0.463 e. The third-order valence-electron chi connectivity index (χ3n) is 15.3. The highest BCUT2D eigenvalue weighted by molar-refractivity contribution is 5.65. The van der Waals surface area contributed by atoms with Crippen LogP contribution in [0.2, 0.25) is 0 Å². The molecule has 0 spiro atoms. The molecule has 14 heteroatoms. The molecule has 0 aromatic rings. The molecular weight excluding hydrogens is 716 g/mol. The molecule has 22 atom stereocenters. The summed E-state index contributed by atoms with van der Waals surface area (Å²) in [7, 11) is 0. The fourth-order valence-corrected chi connectivity index (χ4v) is 12.2. The molecule has 0 aromatic heterocycles. The highest BCUT2D eigenvalue weighted by Gasteiger charge is 2.66. The Kier molecular flexibility index (Phi) is 13.2. The van der Waals surface area contributed by atoms with Gasteiger partial charge in [0.1, 0.15) is 49.3 Å². The Morgan fingerprint density at radius 1 is 0.818 bits per heavy atom. The number of esters is 1. The van der Waals surface area contributed by atoms with E-state index in [4.69, 9.17) is 23.7 Å². The molecule has 2 heterocycles. The molecule has 6 aliphatic rings. The zero-order valence-electron chi connectivity index (χ0n) is 33.5. The Balaban J connectivity index is 1.30. The number of allylic oxidation sites excluding steroid dienone is 1. The molecule has 55 heavy (non-hydrogen) atoms. The minimum atomic E-state index is -1.60. The summed E-state index contributed by atoms with van der Waals surface area (Å²) in [4.78, 5) is 11.6. The van der Waals surface area contributed by atoms with Gasteiger partial charge in [-0.2, -0.15) is 0 Å². The zero-order valence-corrected chi connectivity index (χ0v) is 33.5. The van der Waals surface area contributed by atoms with Crippen LogP contribution in [0.1, 0.15) is 99.8 Å². The van der Waals surface area contributed by atoms with Gasteiger partial charge in [-0.1, -0.05) is 32.4 Å². The summed E-state index contributed by atoms with van der Waals surface area (Å²) in [5, 5.41) is 87.3. The summed E-state index contributed by atoms with van der Waals surface area (Å²) >= 11 is 0. The second kappa shape index (κ2) is 16.8. The van der Waals surface area contributed by atoms with E-state index >= 15 is 0 Å². The third-order valence-corrected chi connectivity index (χ3v) is 15.3. The van der Waals surface area contributed by atoms with E-state index in [0.29, 0.717) is 25.7 Å². The molecule has 8 N–H and O–H groups in total. The van der Waals surface area contributed by atoms with Crippen molar-refractivity contribution in [2.45, 2.75) is 186 Å². The van der Waals surface area contributed by atoms with Gasteiger partial charge in [-0.05, 0) is 112 Å². The third kappa shape index (κ3) is 8.06. The van der Waals surface area contributed by atoms with Gasteiger partial charge in [0, 0.05) is 13.3 Å². The first-order chi connectivity index (χ1) is 25.8. The fraction of sp³-hybridized carbons (Fsp3) is 0.927. The molecule has 4 aliphatic carbocycles. The lowest BCUT2D eigenvalue weighted by molar-refractivity contribution is -0.328. The number of carbonyl (C=O) groups is 1. The first-order valence-electron chi connectivity index (χ1n) is 20.6. The van der Waals surface area contributed by atoms with E-state index in [1.807, 2.05) is 19.9 Å². The van der Waals surface area contributed by atoms with E-state index in [0.717, 1.165) is 31.3 Å². The number of fused-ring (bicyclic) bond motifs is 5. The van der Waals surface area contributed by atoms with E-state index in [1.54, 1.807) is 6.92 Å². The summed E-state index contributed by atoms with van der Waals surface area (Å²) in [5.41, 5.74) is 0.399. The molecule has 14 nitrogen and oxygen atoms in total. The van der Waals surface area contributed by atoms with Gasteiger partial charge >= 0.3 is 5.97 Å². The maximum Gasteiger partial charge on any atom is 0.302 e. The average molecular weight is 785 g/mol. The SMILES string of the molecule is CC(=O)OC[C@@H]1O[C@H](O[C@H]2C[C@H]3[C@@H]4CC[C@H]5C[C@@H](O)C[C@@H](O[C@@H]6O[C@@H](C)[C@H](O)[C@@H](O)[C@H]6O)[C@]5(C)[C@H]4CC[C@]3(C)[C@H]2[C@H](C)[C@@H](O)CC=C(C)C)[C@@H](O)[C@H](O)[C@H]1O. The van der Waals surface area contributed by atoms with E-state index in [1.165, 1.54) is 6.92 Å². The Morgan fingerprint density at radius 3 is 2.13 bits per heavy atom. The van der Waals surface area contributed by atoms with Crippen LogP contribution in [0, 0.1) is 46.3 Å². The van der Waals surface area contributed by atoms with Crippen LogP contribution in [-0.4, -0.2) is 139 Å². The molecule has 0 aromatic carbocycles. The van der Waals surface area contributed by atoms with Gasteiger partial charge in [0.25, 0.3) is 0 Å². The van der Waals surface area contributed by atoms with Crippen molar-refractivity contribution in [2.24, 2.45) is 46.3 Å². The molecule has 6 fully saturated rings. The predicted molar refractivity (Wildman–Crippen MR) is 197 cm³/mol. The standard InChI is InChI=1S/C41H68O14/c1-18(2)8-11-27(44)19(3)31-28(53-39-37(50)35(48)33(46)29(54-39)17-51-21(5)42)16-26-24-10-9-22-14-23(43)15-30(41(22,7)25(24)12-13-40(26,31)6)55-38-36(49)34(47)32(45)20(4)52-38/h8,19-20,22-39,43-50H,9-17H2,1-7H3/t19-,20+,22+,23-,24-,25+,26+,27+,28+,29+,30-,31+,32+,33+,34-,35-,36-,37+,38+,39+,40+,41+/m1/s1. The quantitative estimate of drug-likeness (QED) is 0.116. The smallest absolute Gasteiger partial charge is 0.302 e. The van der Waals surface area contributed by atoms with Crippen LogP contribution in [0.5, 0.6) is 0 Å². The van der Waals surface area contributed by atoms with Gasteiger partial charge in [-0.15, -0.1) is 0 Å². The first kappa shape index (κ1) is 43.3. The molecule has 4 saturated carbocycles. The monoisotopic (exact) mass is 784 g/mol. The van der Waals surface area contributed by atoms with E-state index < -0.39 is 97.2 Å². The lowest BCUT2D eigenvalue weighted by Crippen LogP contribution is -2.63. The number of hydrogen-bond donors (Lipinski definition) is 8. The van der Waals surface area contributed by atoms with Crippen molar-refractivity contribution in [3.8, 4) is 0 Å². The Bertz CT molecular complexity index is 1360. The molecule has 316 valence electrons. The molecule has 0 amide bonds. The van der Waals surface area contributed by atoms with Crippen molar-refractivity contribution in [2.75, 3.05) is 6.61 Å². The molecule has 6 rings (SSSR count). The van der Waals surface area contributed by atoms with Crippen LogP contribution < -0.4 is 0 Å². The summed E-state index contributed by atoms with van der Waals surface area (Å²) in [6, 6.07) is 0. The Labute approximate surface area is 325 Å². The molecule has 0 radical (unpaired) electrons. The normalized spacial score (nSPS) is 50.9. The Hall–Kier alpha value is -1.27. The average Bonchev–Trinajstić information content (AvgIpc) is 3.43. The van der Waals surface area contributed by atoms with Gasteiger partial charge in [0.15, 0.2) is 12.6 Å². The number of rotatable bonds is 10. The van der Waals surface area contributed by atoms with Crippen LogP contribution in [0.25, 0.3) is 0 Å². The van der Waals surface area contributed by atoms with E-state index in [2.05, 4.69) is 20.8 Å². The van der Waals surface area contributed by atoms with Gasteiger partial charge in [-0.25, -0.2) is 0 Å². The number of aliphatic hydroxyl groups is 8. The van der Waals surface area contributed by atoms with Crippen LogP contribution in [0.3, 0.4) is 0 Å². The second-order valence-corrected chi connectivity index (χ2v) is 18.7. The summed E-state index contributed by atoms with van der Waals surface area (Å²) < 4.78 is 30.4. The molecule has 0 bridgehead atoms. The van der Waals surface area contributed by atoms with Crippen molar-refractivity contribution in [1.29, 1.82) is 0 Å². The maximum atomic E-state index is 11.7. The van der Waals surface area contributed by atoms with Crippen molar-refractivity contribution in [3.05, 3.63) is 11.6 Å². The van der Waals surface area contributed by atoms with Crippen molar-refractivity contribution in [3.63, 3.8) is 0 Å². The van der Waals surface area contributed by atoms with Crippen molar-refractivity contribution >= 4 is 5.97 Å². The maximum absolute atomic E-state index is 11.7. The van der Waals surface area contributed by atoms with Gasteiger partial charge in [0.2, 0.25) is 0 Å². The predicted octanol–water partition coefficient (Wildman–Crippen LogP) is 1.55. The van der Waals surface area contributed by atoms with Crippen molar-refractivity contribution in [1.82, 2.24) is 0 Å². The van der Waals surface area contributed by atoms with E-state index in [9.17, 15) is 45.6 Å².